The first-order valence-corrected chi connectivity index (χ1v) is 4.05. The van der Waals surface area contributed by atoms with Crippen LogP contribution in [-0.4, -0.2) is 17.6 Å². The largest absolute Gasteiger partial charge is 0.462 e. The van der Waals surface area contributed by atoms with Crippen LogP contribution in [0, 0.1) is 6.92 Å². The molecule has 0 saturated heterocycles. The van der Waals surface area contributed by atoms with Crippen molar-refractivity contribution in [1.82, 2.24) is 4.98 Å². The van der Waals surface area contributed by atoms with Crippen molar-refractivity contribution in [3.8, 4) is 0 Å². The highest BCUT2D eigenvalue weighted by Crippen LogP contribution is 2.13. The third-order valence-electron chi connectivity index (χ3n) is 1.74. The molecule has 0 aliphatic rings. The number of rotatable bonds is 2. The van der Waals surface area contributed by atoms with Gasteiger partial charge in [-0.3, -0.25) is 0 Å². The van der Waals surface area contributed by atoms with Crippen LogP contribution in [0.4, 0.5) is 5.82 Å². The zero-order valence-electron chi connectivity index (χ0n) is 7.70. The van der Waals surface area contributed by atoms with Crippen LogP contribution in [-0.2, 0) is 4.74 Å². The highest BCUT2D eigenvalue weighted by atomic mass is 16.5. The summed E-state index contributed by atoms with van der Waals surface area (Å²) in [6.07, 6.45) is 1.49. The lowest BCUT2D eigenvalue weighted by atomic mass is 10.1. The summed E-state index contributed by atoms with van der Waals surface area (Å²) in [4.78, 5) is 15.2. The van der Waals surface area contributed by atoms with Crippen molar-refractivity contribution in [3.63, 3.8) is 0 Å². The molecule has 0 amide bonds. The number of anilines is 1. The highest BCUT2D eigenvalue weighted by molar-refractivity contribution is 5.92. The molecule has 1 aromatic rings. The molecule has 0 fully saturated rings. The van der Waals surface area contributed by atoms with Gasteiger partial charge in [0.2, 0.25) is 0 Å². The summed E-state index contributed by atoms with van der Waals surface area (Å²) in [7, 11) is 0. The Bertz CT molecular complexity index is 323. The van der Waals surface area contributed by atoms with E-state index in [1.807, 2.05) is 0 Å². The number of carbonyl (C=O) groups excluding carboxylic acids is 1. The number of pyridine rings is 1. The van der Waals surface area contributed by atoms with Gasteiger partial charge in [-0.1, -0.05) is 0 Å². The molecule has 13 heavy (non-hydrogen) atoms. The fourth-order valence-corrected chi connectivity index (χ4v) is 0.982. The summed E-state index contributed by atoms with van der Waals surface area (Å²) < 4.78 is 4.84. The predicted octanol–water partition coefficient (Wildman–Crippen LogP) is 1.15. The van der Waals surface area contributed by atoms with E-state index in [0.29, 0.717) is 23.6 Å². The minimum absolute atomic E-state index is 0.353. The minimum Gasteiger partial charge on any atom is -0.462 e. The normalized spacial score (nSPS) is 9.69. The fraction of sp³-hybridized carbons (Fsp3) is 0.333. The van der Waals surface area contributed by atoms with Gasteiger partial charge in [-0.25, -0.2) is 9.78 Å². The second kappa shape index (κ2) is 3.89. The van der Waals surface area contributed by atoms with Crippen molar-refractivity contribution in [2.24, 2.45) is 0 Å². The monoisotopic (exact) mass is 180 g/mol. The molecule has 1 heterocycles. The molecule has 2 N–H and O–H groups in total. The van der Waals surface area contributed by atoms with Crippen LogP contribution in [0.5, 0.6) is 0 Å². The number of nitrogen functional groups attached to an aromatic ring is 1. The van der Waals surface area contributed by atoms with Crippen LogP contribution in [0.15, 0.2) is 12.3 Å². The Morgan fingerprint density at radius 2 is 2.38 bits per heavy atom. The minimum atomic E-state index is -0.353. The molecular weight excluding hydrogens is 168 g/mol. The maximum atomic E-state index is 11.3. The lowest BCUT2D eigenvalue weighted by molar-refractivity contribution is 0.0525. The molecule has 0 unspecified atom stereocenters. The molecule has 0 atom stereocenters. The van der Waals surface area contributed by atoms with E-state index in [4.69, 9.17) is 10.5 Å². The first kappa shape index (κ1) is 9.51. The number of hydrogen-bond acceptors (Lipinski definition) is 4. The van der Waals surface area contributed by atoms with E-state index in [1.54, 1.807) is 19.9 Å². The van der Waals surface area contributed by atoms with Crippen molar-refractivity contribution < 1.29 is 9.53 Å². The van der Waals surface area contributed by atoms with E-state index in [2.05, 4.69) is 4.98 Å². The van der Waals surface area contributed by atoms with Gasteiger partial charge in [0.1, 0.15) is 5.82 Å². The third-order valence-corrected chi connectivity index (χ3v) is 1.74. The van der Waals surface area contributed by atoms with Crippen LogP contribution < -0.4 is 5.73 Å². The average molecular weight is 180 g/mol. The van der Waals surface area contributed by atoms with Crippen molar-refractivity contribution in [3.05, 3.63) is 23.4 Å². The molecule has 0 aliphatic heterocycles. The summed E-state index contributed by atoms with van der Waals surface area (Å²) in [5, 5.41) is 0. The highest BCUT2D eigenvalue weighted by Gasteiger charge is 2.11. The van der Waals surface area contributed by atoms with Crippen LogP contribution in [0.25, 0.3) is 0 Å². The van der Waals surface area contributed by atoms with Crippen LogP contribution in [0.3, 0.4) is 0 Å². The van der Waals surface area contributed by atoms with Gasteiger partial charge in [0.15, 0.2) is 0 Å². The molecule has 4 heteroatoms. The number of nitrogens with zero attached hydrogens (tertiary/aromatic N) is 1. The quantitative estimate of drug-likeness (QED) is 0.693. The molecule has 4 nitrogen and oxygen atoms in total. The topological polar surface area (TPSA) is 65.2 Å². The summed E-state index contributed by atoms with van der Waals surface area (Å²) in [6, 6.07) is 1.60. The fourth-order valence-electron chi connectivity index (χ4n) is 0.982. The SMILES string of the molecule is CCOC(=O)c1ccnc(N)c1C. The third kappa shape index (κ3) is 1.96. The van der Waals surface area contributed by atoms with Gasteiger partial charge in [-0.2, -0.15) is 0 Å². The molecule has 0 aliphatic carbocycles. The van der Waals surface area contributed by atoms with Crippen molar-refractivity contribution in [1.29, 1.82) is 0 Å². The van der Waals surface area contributed by atoms with Gasteiger partial charge >= 0.3 is 5.97 Å². The standard InChI is InChI=1S/C9H12N2O2/c1-3-13-9(12)7-4-5-11-8(10)6(7)2/h4-5H,3H2,1-2H3,(H2,10,11). The molecular formula is C9H12N2O2. The van der Waals surface area contributed by atoms with E-state index in [0.717, 1.165) is 0 Å². The van der Waals surface area contributed by atoms with Gasteiger partial charge in [0.05, 0.1) is 12.2 Å². The molecule has 0 radical (unpaired) electrons. The maximum absolute atomic E-state index is 11.3. The molecule has 1 aromatic heterocycles. The number of hydrogen-bond donors (Lipinski definition) is 1. The first-order valence-electron chi connectivity index (χ1n) is 4.05. The van der Waals surface area contributed by atoms with Gasteiger partial charge in [0.25, 0.3) is 0 Å². The van der Waals surface area contributed by atoms with Crippen LogP contribution in [0.2, 0.25) is 0 Å². The predicted molar refractivity (Wildman–Crippen MR) is 49.3 cm³/mol. The molecule has 1 rings (SSSR count). The Morgan fingerprint density at radius 3 is 3.00 bits per heavy atom. The van der Waals surface area contributed by atoms with Crippen molar-refractivity contribution >= 4 is 11.8 Å². The van der Waals surface area contributed by atoms with Crippen molar-refractivity contribution in [2.75, 3.05) is 12.3 Å². The molecule has 70 valence electrons. The molecule has 0 aromatic carbocycles. The summed E-state index contributed by atoms with van der Waals surface area (Å²) in [6.45, 7) is 3.87. The lowest BCUT2D eigenvalue weighted by Crippen LogP contribution is -2.08. The molecule has 0 bridgehead atoms. The smallest absolute Gasteiger partial charge is 0.338 e. The van der Waals surface area contributed by atoms with Crippen LogP contribution in [0.1, 0.15) is 22.8 Å². The van der Waals surface area contributed by atoms with Gasteiger partial charge in [-0.05, 0) is 19.9 Å². The summed E-state index contributed by atoms with van der Waals surface area (Å²) in [5.74, 6) is 0.0136. The number of nitrogens with two attached hydrogens (primary N) is 1. The van der Waals surface area contributed by atoms with Crippen molar-refractivity contribution in [2.45, 2.75) is 13.8 Å². The van der Waals surface area contributed by atoms with Gasteiger partial charge in [-0.15, -0.1) is 0 Å². The van der Waals surface area contributed by atoms with E-state index in [1.165, 1.54) is 6.20 Å². The number of esters is 1. The second-order valence-electron chi connectivity index (χ2n) is 2.59. The zero-order valence-corrected chi connectivity index (χ0v) is 7.70. The number of ether oxygens (including phenoxy) is 1. The average Bonchev–Trinajstić information content (AvgIpc) is 2.10. The maximum Gasteiger partial charge on any atom is 0.338 e. The van der Waals surface area contributed by atoms with Gasteiger partial charge in [0, 0.05) is 11.8 Å². The zero-order chi connectivity index (χ0) is 9.84. The van der Waals surface area contributed by atoms with E-state index in [9.17, 15) is 4.79 Å². The van der Waals surface area contributed by atoms with E-state index < -0.39 is 0 Å². The van der Waals surface area contributed by atoms with E-state index in [-0.39, 0.29) is 5.97 Å². The summed E-state index contributed by atoms with van der Waals surface area (Å²) in [5.41, 5.74) is 6.68. The molecule has 0 spiro atoms. The second-order valence-corrected chi connectivity index (χ2v) is 2.59. The van der Waals surface area contributed by atoms with Crippen LogP contribution >= 0.6 is 0 Å². The van der Waals surface area contributed by atoms with E-state index >= 15 is 0 Å². The molecule has 0 saturated carbocycles. The number of carbonyl (C=O) groups is 1. The Hall–Kier alpha value is -1.58. The Balaban J connectivity index is 3.01. The summed E-state index contributed by atoms with van der Waals surface area (Å²) >= 11 is 0. The first-order chi connectivity index (χ1) is 6.16. The number of aromatic nitrogens is 1. The Labute approximate surface area is 76.7 Å². The Kier molecular flexibility index (Phi) is 2.84. The Morgan fingerprint density at radius 1 is 1.69 bits per heavy atom. The van der Waals surface area contributed by atoms with Gasteiger partial charge < -0.3 is 10.5 Å². The lowest BCUT2D eigenvalue weighted by Gasteiger charge is -2.05.